The molecule has 0 spiro atoms. The standard InChI is InChI=1S/C20H29ClN6.2ClH/c1-3-5-6-14-12-19(27-10-9-16(13-27)23-4-2)26-20(24-14)25-15-7-8-17(21)18(22)11-15;;/h7-8,11-12,16,23H,3-6,9-10,13,22H2,1-2H3,(H,24,25,26);2*1H/t16-;;/m0../s1. The van der Waals surface area contributed by atoms with E-state index in [0.29, 0.717) is 22.7 Å². The summed E-state index contributed by atoms with van der Waals surface area (Å²) in [7, 11) is 0. The van der Waals surface area contributed by atoms with Crippen molar-refractivity contribution in [3.63, 3.8) is 0 Å². The van der Waals surface area contributed by atoms with Gasteiger partial charge in [0.2, 0.25) is 5.95 Å². The predicted molar refractivity (Wildman–Crippen MR) is 129 cm³/mol. The second kappa shape index (κ2) is 12.3. The van der Waals surface area contributed by atoms with Crippen LogP contribution in [0, 0.1) is 0 Å². The molecule has 0 bridgehead atoms. The number of nitrogens with zero attached hydrogens (tertiary/aromatic N) is 3. The van der Waals surface area contributed by atoms with Crippen molar-refractivity contribution in [2.45, 2.75) is 45.6 Å². The van der Waals surface area contributed by atoms with E-state index in [9.17, 15) is 0 Å². The maximum absolute atomic E-state index is 6.02. The van der Waals surface area contributed by atoms with Crippen LogP contribution in [-0.2, 0) is 6.42 Å². The van der Waals surface area contributed by atoms with Crippen molar-refractivity contribution in [1.29, 1.82) is 0 Å². The van der Waals surface area contributed by atoms with Crippen molar-refractivity contribution in [1.82, 2.24) is 15.3 Å². The molecule has 0 amide bonds. The van der Waals surface area contributed by atoms with Crippen LogP contribution in [0.15, 0.2) is 24.3 Å². The van der Waals surface area contributed by atoms with Gasteiger partial charge in [-0.1, -0.05) is 31.9 Å². The van der Waals surface area contributed by atoms with E-state index < -0.39 is 0 Å². The molecule has 162 valence electrons. The lowest BCUT2D eigenvalue weighted by Gasteiger charge is -2.19. The van der Waals surface area contributed by atoms with Gasteiger partial charge in [0.25, 0.3) is 0 Å². The number of aromatic nitrogens is 2. The summed E-state index contributed by atoms with van der Waals surface area (Å²) < 4.78 is 0. The quantitative estimate of drug-likeness (QED) is 0.489. The van der Waals surface area contributed by atoms with Crippen LogP contribution < -0.4 is 21.3 Å². The molecule has 0 aliphatic carbocycles. The molecule has 6 nitrogen and oxygen atoms in total. The van der Waals surface area contributed by atoms with Crippen molar-refractivity contribution in [3.05, 3.63) is 35.0 Å². The van der Waals surface area contributed by atoms with Gasteiger partial charge in [0.15, 0.2) is 0 Å². The molecule has 0 saturated carbocycles. The minimum Gasteiger partial charge on any atom is -0.397 e. The number of unbranched alkanes of at least 4 members (excludes halogenated alkanes) is 1. The van der Waals surface area contributed by atoms with Crippen LogP contribution in [0.25, 0.3) is 0 Å². The molecule has 2 aromatic rings. The third kappa shape index (κ3) is 7.07. The highest BCUT2D eigenvalue weighted by Crippen LogP contribution is 2.26. The number of rotatable bonds is 8. The summed E-state index contributed by atoms with van der Waals surface area (Å²) in [5.74, 6) is 1.59. The first-order valence-electron chi connectivity index (χ1n) is 9.77. The molecule has 1 aliphatic heterocycles. The lowest BCUT2D eigenvalue weighted by molar-refractivity contribution is 0.571. The molecule has 4 N–H and O–H groups in total. The van der Waals surface area contributed by atoms with Crippen LogP contribution in [0.1, 0.15) is 38.8 Å². The van der Waals surface area contributed by atoms with Crippen LogP contribution in [0.2, 0.25) is 5.02 Å². The van der Waals surface area contributed by atoms with Gasteiger partial charge in [-0.05, 0) is 44.0 Å². The summed E-state index contributed by atoms with van der Waals surface area (Å²) >= 11 is 6.02. The highest BCUT2D eigenvalue weighted by atomic mass is 35.5. The van der Waals surface area contributed by atoms with Crippen LogP contribution in [0.5, 0.6) is 0 Å². The minimum absolute atomic E-state index is 0. The molecule has 1 fully saturated rings. The third-order valence-corrected chi connectivity index (χ3v) is 5.15. The minimum atomic E-state index is 0. The first-order valence-corrected chi connectivity index (χ1v) is 10.1. The summed E-state index contributed by atoms with van der Waals surface area (Å²) in [6, 6.07) is 8.13. The Morgan fingerprint density at radius 3 is 2.69 bits per heavy atom. The number of anilines is 4. The Labute approximate surface area is 190 Å². The molecule has 0 unspecified atom stereocenters. The molecule has 29 heavy (non-hydrogen) atoms. The first kappa shape index (κ1) is 25.6. The SMILES string of the molecule is CCCCc1cc(N2CC[C@H](NCC)C2)nc(Nc2ccc(Cl)c(N)c2)n1.Cl.Cl. The maximum Gasteiger partial charge on any atom is 0.229 e. The molecule has 1 aliphatic rings. The van der Waals surface area contributed by atoms with Gasteiger partial charge in [0.05, 0.1) is 10.7 Å². The zero-order chi connectivity index (χ0) is 19.2. The number of hydrogen-bond acceptors (Lipinski definition) is 6. The number of benzene rings is 1. The number of likely N-dealkylation sites (N-methyl/N-ethyl adjacent to an activating group) is 1. The lowest BCUT2D eigenvalue weighted by atomic mass is 10.2. The molecule has 9 heteroatoms. The molecule has 1 aromatic carbocycles. The van der Waals surface area contributed by atoms with E-state index in [0.717, 1.165) is 62.5 Å². The summed E-state index contributed by atoms with van der Waals surface area (Å²) in [5, 5.41) is 7.36. The molecular weight excluding hydrogens is 431 g/mol. The van der Waals surface area contributed by atoms with E-state index in [1.54, 1.807) is 12.1 Å². The topological polar surface area (TPSA) is 79.1 Å². The number of nitrogens with one attached hydrogen (secondary N) is 2. The predicted octanol–water partition coefficient (Wildman–Crippen LogP) is 4.83. The van der Waals surface area contributed by atoms with Gasteiger partial charge in [0, 0.05) is 36.6 Å². The monoisotopic (exact) mass is 460 g/mol. The van der Waals surface area contributed by atoms with Gasteiger partial charge in [0.1, 0.15) is 5.82 Å². The summed E-state index contributed by atoms with van der Waals surface area (Å²) in [6.07, 6.45) is 4.35. The summed E-state index contributed by atoms with van der Waals surface area (Å²) in [5.41, 5.74) is 8.36. The smallest absolute Gasteiger partial charge is 0.229 e. The average molecular weight is 462 g/mol. The van der Waals surface area contributed by atoms with E-state index in [4.69, 9.17) is 27.3 Å². The molecule has 3 rings (SSSR count). The van der Waals surface area contributed by atoms with Crippen LogP contribution in [0.4, 0.5) is 23.1 Å². The van der Waals surface area contributed by atoms with Crippen molar-refractivity contribution in [2.75, 3.05) is 35.6 Å². The number of halogens is 3. The largest absolute Gasteiger partial charge is 0.397 e. The van der Waals surface area contributed by atoms with E-state index in [1.807, 2.05) is 6.07 Å². The normalized spacial score (nSPS) is 15.6. The molecule has 1 aromatic heterocycles. The highest BCUT2D eigenvalue weighted by molar-refractivity contribution is 6.33. The van der Waals surface area contributed by atoms with Gasteiger partial charge >= 0.3 is 0 Å². The first-order chi connectivity index (χ1) is 13.1. The van der Waals surface area contributed by atoms with E-state index in [-0.39, 0.29) is 24.8 Å². The van der Waals surface area contributed by atoms with Gasteiger partial charge in [-0.2, -0.15) is 4.98 Å². The van der Waals surface area contributed by atoms with Crippen LogP contribution >= 0.6 is 36.4 Å². The number of nitrogen functional groups attached to an aromatic ring is 1. The Morgan fingerprint density at radius 2 is 2.00 bits per heavy atom. The van der Waals surface area contributed by atoms with Crippen molar-refractivity contribution >= 4 is 59.6 Å². The van der Waals surface area contributed by atoms with E-state index in [2.05, 4.69) is 35.4 Å². The molecule has 2 heterocycles. The Hall–Kier alpha value is -1.47. The second-order valence-corrected chi connectivity index (χ2v) is 7.40. The van der Waals surface area contributed by atoms with Crippen molar-refractivity contribution < 1.29 is 0 Å². The molecule has 1 atom stereocenters. The summed E-state index contributed by atoms with van der Waals surface area (Å²) in [6.45, 7) is 7.32. The zero-order valence-electron chi connectivity index (χ0n) is 16.9. The van der Waals surface area contributed by atoms with Gasteiger partial charge in [-0.25, -0.2) is 4.98 Å². The summed E-state index contributed by atoms with van der Waals surface area (Å²) in [4.78, 5) is 11.8. The van der Waals surface area contributed by atoms with Crippen molar-refractivity contribution in [3.8, 4) is 0 Å². The Kier molecular flexibility index (Phi) is 10.8. The second-order valence-electron chi connectivity index (χ2n) is 7.00. The van der Waals surface area contributed by atoms with E-state index >= 15 is 0 Å². The Balaban J connectivity index is 0.00000210. The van der Waals surface area contributed by atoms with Gasteiger partial charge in [-0.15, -0.1) is 24.8 Å². The zero-order valence-corrected chi connectivity index (χ0v) is 19.3. The molecular formula is C20H31Cl3N6. The fraction of sp³-hybridized carbons (Fsp3) is 0.500. The Morgan fingerprint density at radius 1 is 1.21 bits per heavy atom. The average Bonchev–Trinajstić information content (AvgIpc) is 3.12. The van der Waals surface area contributed by atoms with Crippen LogP contribution in [0.3, 0.4) is 0 Å². The number of aryl methyl sites for hydroxylation is 1. The van der Waals surface area contributed by atoms with Gasteiger partial charge in [-0.3, -0.25) is 0 Å². The maximum atomic E-state index is 6.02. The van der Waals surface area contributed by atoms with E-state index in [1.165, 1.54) is 0 Å². The fourth-order valence-electron chi connectivity index (χ4n) is 3.36. The Bertz CT molecular complexity index is 774. The van der Waals surface area contributed by atoms with Crippen LogP contribution in [-0.4, -0.2) is 35.6 Å². The lowest BCUT2D eigenvalue weighted by Crippen LogP contribution is -2.32. The fourth-order valence-corrected chi connectivity index (χ4v) is 3.48. The van der Waals surface area contributed by atoms with Crippen molar-refractivity contribution in [2.24, 2.45) is 0 Å². The highest BCUT2D eigenvalue weighted by Gasteiger charge is 2.23. The number of hydrogen-bond donors (Lipinski definition) is 3. The molecule has 0 radical (unpaired) electrons. The number of nitrogens with two attached hydrogens (primary N) is 1. The van der Waals surface area contributed by atoms with Gasteiger partial charge < -0.3 is 21.3 Å². The third-order valence-electron chi connectivity index (χ3n) is 4.81. The molecule has 1 saturated heterocycles.